The van der Waals surface area contributed by atoms with E-state index < -0.39 is 0 Å². The molecule has 1 fully saturated rings. The molecule has 1 aromatic carbocycles. The van der Waals surface area contributed by atoms with Crippen LogP contribution in [0, 0.1) is 5.92 Å². The summed E-state index contributed by atoms with van der Waals surface area (Å²) in [6.07, 6.45) is 1.84. The van der Waals surface area contributed by atoms with Crippen LogP contribution in [-0.2, 0) is 11.3 Å². The number of fused-ring (bicyclic) bond motifs is 1. The molecule has 2 aliphatic rings. The van der Waals surface area contributed by atoms with E-state index in [2.05, 4.69) is 22.0 Å². The summed E-state index contributed by atoms with van der Waals surface area (Å²) in [7, 11) is 0. The molecule has 3 nitrogen and oxygen atoms in total. The number of ether oxygens (including phenoxy) is 1. The molecule has 0 unspecified atom stereocenters. The van der Waals surface area contributed by atoms with Gasteiger partial charge >= 0.3 is 6.09 Å². The second kappa shape index (κ2) is 4.18. The Balaban J connectivity index is 1.52. The van der Waals surface area contributed by atoms with Gasteiger partial charge in [0.05, 0.1) is 6.04 Å². The number of amides is 1. The van der Waals surface area contributed by atoms with Gasteiger partial charge in [-0.25, -0.2) is 4.79 Å². The molecule has 1 aliphatic heterocycles. The van der Waals surface area contributed by atoms with Crippen LogP contribution >= 0.6 is 15.9 Å². The smallest absolute Gasteiger partial charge is 0.410 e. The molecule has 1 amide bonds. The van der Waals surface area contributed by atoms with E-state index >= 15 is 0 Å². The van der Waals surface area contributed by atoms with Gasteiger partial charge in [0, 0.05) is 16.9 Å². The molecular weight excluding hydrogens is 282 g/mol. The number of nitrogens with zero attached hydrogens (tertiary/aromatic N) is 1. The summed E-state index contributed by atoms with van der Waals surface area (Å²) in [5, 5.41) is 0. The highest BCUT2D eigenvalue weighted by molar-refractivity contribution is 9.11. The summed E-state index contributed by atoms with van der Waals surface area (Å²) in [4.78, 5) is 13.5. The lowest BCUT2D eigenvalue weighted by Crippen LogP contribution is -2.62. The largest absolute Gasteiger partial charge is 0.445 e. The van der Waals surface area contributed by atoms with Crippen LogP contribution in [0.5, 0.6) is 0 Å². The van der Waals surface area contributed by atoms with Gasteiger partial charge in [0.15, 0.2) is 0 Å². The van der Waals surface area contributed by atoms with Gasteiger partial charge in [-0.3, -0.25) is 0 Å². The minimum absolute atomic E-state index is 0.216. The highest BCUT2D eigenvalue weighted by atomic mass is 79.9. The first-order valence-electron chi connectivity index (χ1n) is 5.60. The lowest BCUT2D eigenvalue weighted by Gasteiger charge is -2.51. The Hall–Kier alpha value is -1.29. The van der Waals surface area contributed by atoms with Crippen molar-refractivity contribution in [1.82, 2.24) is 4.90 Å². The normalized spacial score (nSPS) is 25.2. The van der Waals surface area contributed by atoms with Gasteiger partial charge in [0.25, 0.3) is 0 Å². The molecule has 4 heteroatoms. The van der Waals surface area contributed by atoms with Crippen molar-refractivity contribution in [3.05, 3.63) is 46.5 Å². The number of likely N-dealkylation sites (tertiary alicyclic amines) is 1. The summed E-state index contributed by atoms with van der Waals surface area (Å²) in [5.74, 6) is 0.513. The summed E-state index contributed by atoms with van der Waals surface area (Å²) < 4.78 is 6.48. The Morgan fingerprint density at radius 2 is 2.18 bits per heavy atom. The fraction of sp³-hybridized carbons (Fsp3) is 0.308. The lowest BCUT2D eigenvalue weighted by atomic mass is 9.79. The minimum Gasteiger partial charge on any atom is -0.445 e. The first-order valence-corrected chi connectivity index (χ1v) is 6.39. The minimum atomic E-state index is -0.216. The highest BCUT2D eigenvalue weighted by Gasteiger charge is 2.48. The number of hydrogen-bond acceptors (Lipinski definition) is 2. The molecule has 0 saturated carbocycles. The zero-order valence-electron chi connectivity index (χ0n) is 9.17. The van der Waals surface area contributed by atoms with Crippen LogP contribution in [-0.4, -0.2) is 23.6 Å². The second-order valence-electron chi connectivity index (χ2n) is 4.34. The molecule has 3 rings (SSSR count). The maximum absolute atomic E-state index is 11.8. The van der Waals surface area contributed by atoms with E-state index in [-0.39, 0.29) is 12.1 Å². The SMILES string of the molecule is O=C(OCc1ccccc1)N1C[C@@H]2C(Br)=C[C@@H]21. The Bertz CT molecular complexity index is 472. The fourth-order valence-corrected chi connectivity index (χ4v) is 2.83. The average molecular weight is 294 g/mol. The molecule has 0 N–H and O–H groups in total. The second-order valence-corrected chi connectivity index (χ2v) is 5.26. The molecule has 1 aromatic rings. The molecule has 88 valence electrons. The van der Waals surface area contributed by atoms with Gasteiger partial charge in [-0.05, 0) is 5.56 Å². The van der Waals surface area contributed by atoms with E-state index in [4.69, 9.17) is 4.74 Å². The molecule has 2 atom stereocenters. The molecule has 1 saturated heterocycles. The van der Waals surface area contributed by atoms with Crippen LogP contribution in [0.15, 0.2) is 40.9 Å². The maximum Gasteiger partial charge on any atom is 0.410 e. The average Bonchev–Trinajstić information content (AvgIpc) is 2.34. The van der Waals surface area contributed by atoms with Gasteiger partial charge in [0.2, 0.25) is 0 Å². The van der Waals surface area contributed by atoms with Crippen LogP contribution in [0.25, 0.3) is 0 Å². The van der Waals surface area contributed by atoms with E-state index in [1.165, 1.54) is 4.48 Å². The van der Waals surface area contributed by atoms with Crippen molar-refractivity contribution in [2.45, 2.75) is 12.6 Å². The molecule has 17 heavy (non-hydrogen) atoms. The molecule has 0 radical (unpaired) electrons. The van der Waals surface area contributed by atoms with Gasteiger partial charge < -0.3 is 9.64 Å². The zero-order chi connectivity index (χ0) is 11.8. The van der Waals surface area contributed by atoms with Crippen LogP contribution in [0.4, 0.5) is 4.79 Å². The molecule has 1 aliphatic carbocycles. The van der Waals surface area contributed by atoms with Crippen molar-refractivity contribution >= 4 is 22.0 Å². The van der Waals surface area contributed by atoms with E-state index in [1.54, 1.807) is 4.90 Å². The van der Waals surface area contributed by atoms with Crippen molar-refractivity contribution in [2.75, 3.05) is 6.54 Å². The summed E-state index contributed by atoms with van der Waals surface area (Å²) in [6, 6.07) is 9.98. The van der Waals surface area contributed by atoms with Crippen molar-refractivity contribution in [3.8, 4) is 0 Å². The lowest BCUT2D eigenvalue weighted by molar-refractivity contribution is 0.0249. The monoisotopic (exact) mass is 293 g/mol. The number of hydrogen-bond donors (Lipinski definition) is 0. The number of carbonyl (C=O) groups is 1. The van der Waals surface area contributed by atoms with Gasteiger partial charge in [-0.15, -0.1) is 0 Å². The topological polar surface area (TPSA) is 29.5 Å². The molecular formula is C13H12BrNO2. The summed E-state index contributed by atoms with van der Waals surface area (Å²) in [6.45, 7) is 1.12. The highest BCUT2D eigenvalue weighted by Crippen LogP contribution is 2.44. The molecule has 0 bridgehead atoms. The third-order valence-electron chi connectivity index (χ3n) is 3.29. The van der Waals surface area contributed by atoms with Crippen molar-refractivity contribution in [3.63, 3.8) is 0 Å². The van der Waals surface area contributed by atoms with Crippen LogP contribution < -0.4 is 0 Å². The molecule has 0 aromatic heterocycles. The quantitative estimate of drug-likeness (QED) is 0.839. The Morgan fingerprint density at radius 3 is 2.76 bits per heavy atom. The molecule has 1 heterocycles. The van der Waals surface area contributed by atoms with Gasteiger partial charge in [-0.1, -0.05) is 52.3 Å². The van der Waals surface area contributed by atoms with E-state index in [1.807, 2.05) is 30.3 Å². The van der Waals surface area contributed by atoms with Crippen LogP contribution in [0.1, 0.15) is 5.56 Å². The van der Waals surface area contributed by atoms with E-state index in [0.717, 1.165) is 12.1 Å². The van der Waals surface area contributed by atoms with Crippen molar-refractivity contribution < 1.29 is 9.53 Å². The third-order valence-corrected chi connectivity index (χ3v) is 4.14. The summed E-state index contributed by atoms with van der Waals surface area (Å²) >= 11 is 3.45. The van der Waals surface area contributed by atoms with E-state index in [0.29, 0.717) is 12.5 Å². The number of rotatable bonds is 2. The number of benzene rings is 1. The fourth-order valence-electron chi connectivity index (χ4n) is 2.14. The molecule has 0 spiro atoms. The number of carbonyl (C=O) groups excluding carboxylic acids is 1. The predicted octanol–water partition coefficient (Wildman–Crippen LogP) is 2.92. The van der Waals surface area contributed by atoms with Gasteiger partial charge in [0.1, 0.15) is 6.61 Å². The Morgan fingerprint density at radius 1 is 1.41 bits per heavy atom. The first kappa shape index (κ1) is 10.8. The maximum atomic E-state index is 11.8. The summed E-state index contributed by atoms with van der Waals surface area (Å²) in [5.41, 5.74) is 1.02. The van der Waals surface area contributed by atoms with Crippen molar-refractivity contribution in [1.29, 1.82) is 0 Å². The predicted molar refractivity (Wildman–Crippen MR) is 67.6 cm³/mol. The third kappa shape index (κ3) is 1.86. The van der Waals surface area contributed by atoms with Crippen LogP contribution in [0.2, 0.25) is 0 Å². The van der Waals surface area contributed by atoms with Crippen LogP contribution in [0.3, 0.4) is 0 Å². The number of halogens is 1. The Labute approximate surface area is 108 Å². The van der Waals surface area contributed by atoms with E-state index in [9.17, 15) is 4.79 Å². The van der Waals surface area contributed by atoms with Crippen molar-refractivity contribution in [2.24, 2.45) is 5.92 Å². The zero-order valence-corrected chi connectivity index (χ0v) is 10.8. The first-order chi connectivity index (χ1) is 8.25. The van der Waals surface area contributed by atoms with Gasteiger partial charge in [-0.2, -0.15) is 0 Å². The standard InChI is InChI=1S/C13H12BrNO2/c14-11-6-12-10(11)7-15(12)13(16)17-8-9-4-2-1-3-5-9/h1-6,10,12H,7-8H2/t10-,12+/m1/s1. The Kier molecular flexibility index (Phi) is 2.67.